The summed E-state index contributed by atoms with van der Waals surface area (Å²) < 4.78 is 22.7. The quantitative estimate of drug-likeness (QED) is 0.0438. The molecule has 1 aromatic rings. The van der Waals surface area contributed by atoms with Crippen LogP contribution in [0.4, 0.5) is 0 Å². The number of carbonyl (C=O) groups excluding carboxylic acids is 6. The Morgan fingerprint density at radius 1 is 0.621 bits per heavy atom. The van der Waals surface area contributed by atoms with Crippen molar-refractivity contribution in [1.29, 1.82) is 0 Å². The van der Waals surface area contributed by atoms with E-state index in [0.29, 0.717) is 88.3 Å². The molecule has 5 amide bonds. The van der Waals surface area contributed by atoms with Crippen LogP contribution in [-0.4, -0.2) is 154 Å². The highest BCUT2D eigenvalue weighted by Crippen LogP contribution is 2.22. The van der Waals surface area contributed by atoms with E-state index in [1.54, 1.807) is 6.92 Å². The van der Waals surface area contributed by atoms with Crippen LogP contribution >= 0.6 is 0 Å². The molecule has 3 heterocycles. The monoisotopic (exact) mass is 943 g/mol. The maximum Gasteiger partial charge on any atom is 0.333 e. The van der Waals surface area contributed by atoms with Gasteiger partial charge in [-0.05, 0) is 84.5 Å². The summed E-state index contributed by atoms with van der Waals surface area (Å²) in [6.07, 6.45) is 2.34. The number of hydrogen-bond acceptors (Lipinski definition) is 16. The molecule has 10 N–H and O–H groups in total. The van der Waals surface area contributed by atoms with Crippen molar-refractivity contribution in [2.24, 2.45) is 0 Å². The first-order chi connectivity index (χ1) is 31.6. The molecule has 2 aliphatic rings. The number of rotatable bonds is 32. The molecule has 8 unspecified atom stereocenters. The molecule has 22 nitrogen and oxygen atoms in total. The number of hydrogen-bond donors (Lipinski definition) is 10. The number of nitrogens with zero attached hydrogens (tertiary/aromatic N) is 1. The molecule has 0 saturated carbocycles. The molecular weight excluding hydrogens is 869 g/mol. The van der Waals surface area contributed by atoms with E-state index in [4.69, 9.17) is 23.8 Å². The number of aromatic nitrogens is 1. The van der Waals surface area contributed by atoms with Crippen LogP contribution in [0.1, 0.15) is 129 Å². The predicted octanol–water partition coefficient (Wildman–Crippen LogP) is 0.431. The first-order valence-electron chi connectivity index (χ1n) is 23.4. The third kappa shape index (κ3) is 22.7. The third-order valence-corrected chi connectivity index (χ3v) is 10.9. The van der Waals surface area contributed by atoms with Crippen molar-refractivity contribution < 1.29 is 78.1 Å². The number of aliphatic hydroxyl groups excluding tert-OH is 3. The molecular formula is C44H74N6O16. The van der Waals surface area contributed by atoms with Crippen molar-refractivity contribution in [1.82, 2.24) is 31.3 Å². The summed E-state index contributed by atoms with van der Waals surface area (Å²) in [5.74, 6) is -2.81. The van der Waals surface area contributed by atoms with E-state index in [1.165, 1.54) is 12.1 Å². The van der Waals surface area contributed by atoms with E-state index in [-0.39, 0.29) is 107 Å². The minimum Gasteiger partial charge on any atom is -0.492 e. The summed E-state index contributed by atoms with van der Waals surface area (Å²) in [4.78, 5) is 80.1. The molecule has 66 heavy (non-hydrogen) atoms. The summed E-state index contributed by atoms with van der Waals surface area (Å²) in [6, 6.07) is 1.50. The summed E-state index contributed by atoms with van der Waals surface area (Å²) in [6.45, 7) is 5.03. The summed E-state index contributed by atoms with van der Waals surface area (Å²) in [5, 5.41) is 63.1. The number of unbranched alkanes of at least 4 members (excludes halogenated alkanes) is 5. The smallest absolute Gasteiger partial charge is 0.333 e. The van der Waals surface area contributed by atoms with Gasteiger partial charge in [0.15, 0.2) is 12.6 Å². The normalized spacial score (nSPS) is 22.2. The molecule has 8 atom stereocenters. The van der Waals surface area contributed by atoms with Gasteiger partial charge in [0.25, 0.3) is 0 Å². The van der Waals surface area contributed by atoms with Gasteiger partial charge in [-0.3, -0.25) is 24.0 Å². The average molecular weight is 943 g/mol. The van der Waals surface area contributed by atoms with Gasteiger partial charge in [0, 0.05) is 76.8 Å². The molecule has 0 aromatic carbocycles. The highest BCUT2D eigenvalue weighted by atomic mass is 16.7. The lowest BCUT2D eigenvalue weighted by Gasteiger charge is -2.35. The minimum atomic E-state index is -1.18. The van der Waals surface area contributed by atoms with Crippen LogP contribution in [0.15, 0.2) is 12.1 Å². The molecule has 0 spiro atoms. The first-order valence-corrected chi connectivity index (χ1v) is 23.4. The number of aromatic hydroxyl groups is 2. The molecule has 0 aliphatic carbocycles. The Kier molecular flexibility index (Phi) is 26.5. The van der Waals surface area contributed by atoms with E-state index in [9.17, 15) is 54.3 Å². The van der Waals surface area contributed by atoms with Gasteiger partial charge in [-0.15, -0.1) is 4.73 Å². The van der Waals surface area contributed by atoms with Gasteiger partial charge in [-0.1, -0.05) is 6.42 Å². The Labute approximate surface area is 386 Å². The number of ether oxygens (including phenoxy) is 4. The fourth-order valence-corrected chi connectivity index (χ4v) is 7.17. The maximum absolute atomic E-state index is 13.2. The number of aliphatic hydroxyl groups is 3. The fraction of sp³-hybridized carbons (Fsp3) is 0.773. The summed E-state index contributed by atoms with van der Waals surface area (Å²) in [7, 11) is 0. The van der Waals surface area contributed by atoms with Crippen molar-refractivity contribution in [2.75, 3.05) is 39.4 Å². The zero-order valence-electron chi connectivity index (χ0n) is 38.4. The van der Waals surface area contributed by atoms with E-state index < -0.39 is 54.7 Å². The number of carbonyl (C=O) groups is 6. The minimum absolute atomic E-state index is 0.00557. The van der Waals surface area contributed by atoms with Gasteiger partial charge in [-0.25, -0.2) is 4.79 Å². The Balaban J connectivity index is 1.30. The van der Waals surface area contributed by atoms with Gasteiger partial charge in [0.2, 0.25) is 41.3 Å². The van der Waals surface area contributed by atoms with Crippen LogP contribution in [0.25, 0.3) is 0 Å². The van der Waals surface area contributed by atoms with Crippen molar-refractivity contribution >= 4 is 35.5 Å². The van der Waals surface area contributed by atoms with Gasteiger partial charge in [-0.2, -0.15) is 0 Å². The molecule has 1 aromatic heterocycles. The molecule has 2 fully saturated rings. The summed E-state index contributed by atoms with van der Waals surface area (Å²) >= 11 is 0. The maximum atomic E-state index is 13.2. The second kappa shape index (κ2) is 31.4. The topological polar surface area (TPSA) is 315 Å². The molecule has 22 heteroatoms. The Hall–Kier alpha value is -4.58. The second-order valence-corrected chi connectivity index (χ2v) is 16.8. The van der Waals surface area contributed by atoms with Crippen LogP contribution in [-0.2, 0) is 47.7 Å². The van der Waals surface area contributed by atoms with Crippen LogP contribution < -0.4 is 31.4 Å². The molecule has 376 valence electrons. The van der Waals surface area contributed by atoms with Gasteiger partial charge in [0.1, 0.15) is 18.2 Å². The van der Waals surface area contributed by atoms with E-state index >= 15 is 0 Å². The molecule has 3 rings (SSSR count). The highest BCUT2D eigenvalue weighted by Gasteiger charge is 2.35. The highest BCUT2D eigenvalue weighted by molar-refractivity contribution is 5.87. The van der Waals surface area contributed by atoms with E-state index in [0.717, 1.165) is 6.42 Å². The lowest BCUT2D eigenvalue weighted by molar-refractivity contribution is -0.262. The fourth-order valence-electron chi connectivity index (χ4n) is 7.17. The Bertz CT molecular complexity index is 1610. The van der Waals surface area contributed by atoms with Crippen LogP contribution in [0.3, 0.4) is 0 Å². The second-order valence-electron chi connectivity index (χ2n) is 16.8. The average Bonchev–Trinajstić information content (AvgIpc) is 3.59. The van der Waals surface area contributed by atoms with E-state index in [1.807, 2.05) is 6.92 Å². The predicted molar refractivity (Wildman–Crippen MR) is 235 cm³/mol. The van der Waals surface area contributed by atoms with Crippen molar-refractivity contribution in [3.63, 3.8) is 0 Å². The molecule has 0 bridgehead atoms. The first kappa shape index (κ1) is 55.7. The van der Waals surface area contributed by atoms with Gasteiger partial charge < -0.3 is 75.9 Å². The van der Waals surface area contributed by atoms with Crippen LogP contribution in [0.5, 0.6) is 11.8 Å². The lowest BCUT2D eigenvalue weighted by Crippen LogP contribution is -2.49. The Morgan fingerprint density at radius 2 is 1.14 bits per heavy atom. The van der Waals surface area contributed by atoms with Crippen LogP contribution in [0, 0.1) is 0 Å². The number of nitrogens with one attached hydrogen (secondary N) is 5. The molecule has 2 saturated heterocycles. The molecule has 0 radical (unpaired) electrons. The standard InChI is InChI=1S/C44H74N6O16/c1-29-18-19-32(51)43(64-29)62-26-24-46-35(54)14-6-5-13-34(53)45-22-11-9-12-31(42(61)48-23-10-3-4-17-40(59)66-50-38(57)20-21-39(50)58)49-37(56)16-8-7-15-36(55)47-25-27-63-44-41(60)33(52)28-30(2)65-44/h20-21,29-33,41,43-44,51-52,57-58,60H,3-19,22-28H2,1-2H3,(H,45,53)(H,46,54)(H,47,55)(H,48,61)(H,49,56). The lowest BCUT2D eigenvalue weighted by atomic mass is 10.0. The Morgan fingerprint density at radius 3 is 1.76 bits per heavy atom. The van der Waals surface area contributed by atoms with Crippen molar-refractivity contribution in [2.45, 2.75) is 179 Å². The summed E-state index contributed by atoms with van der Waals surface area (Å²) in [5.41, 5.74) is 0. The van der Waals surface area contributed by atoms with Gasteiger partial charge >= 0.3 is 5.97 Å². The molecule has 2 aliphatic heterocycles. The zero-order valence-corrected chi connectivity index (χ0v) is 38.4. The number of amides is 5. The van der Waals surface area contributed by atoms with Crippen molar-refractivity contribution in [3.05, 3.63) is 12.1 Å². The largest absolute Gasteiger partial charge is 0.492 e. The third-order valence-electron chi connectivity index (χ3n) is 10.9. The van der Waals surface area contributed by atoms with Crippen molar-refractivity contribution in [3.8, 4) is 11.8 Å². The SMILES string of the molecule is CC1CCC(O)C(OCCNC(=O)CCCCC(=O)NCCCCC(NC(=O)CCCCC(=O)NCCOC2OC(C)CC(O)C2O)C(=O)NCCCCCC(=O)On2c(O)ccc2O)O1. The van der Waals surface area contributed by atoms with Gasteiger partial charge in [0.05, 0.1) is 31.5 Å². The van der Waals surface area contributed by atoms with E-state index in [2.05, 4.69) is 26.6 Å². The zero-order chi connectivity index (χ0) is 48.3. The van der Waals surface area contributed by atoms with Crippen LogP contribution in [0.2, 0.25) is 0 Å².